The van der Waals surface area contributed by atoms with E-state index in [9.17, 15) is 0 Å². The number of nitrogens with one attached hydrogen (secondary N) is 1. The Hall–Kier alpha value is -2.20. The predicted molar refractivity (Wildman–Crippen MR) is 101 cm³/mol. The van der Waals surface area contributed by atoms with Crippen LogP contribution in [0.5, 0.6) is 11.5 Å². The summed E-state index contributed by atoms with van der Waals surface area (Å²) in [6.07, 6.45) is 5.12. The number of methoxy groups -OCH3 is 1. The summed E-state index contributed by atoms with van der Waals surface area (Å²) in [5, 5.41) is 4.88. The number of anilines is 1. The topological polar surface area (TPSA) is 42.8 Å². The number of halogens is 1. The molecule has 0 atom stereocenters. The number of ether oxygens (including phenoxy) is 2. The van der Waals surface area contributed by atoms with Gasteiger partial charge in [-0.05, 0) is 48.4 Å². The van der Waals surface area contributed by atoms with E-state index < -0.39 is 0 Å². The van der Waals surface area contributed by atoms with Gasteiger partial charge in [0, 0.05) is 5.02 Å². The molecule has 24 heavy (non-hydrogen) atoms. The van der Waals surface area contributed by atoms with Gasteiger partial charge in [0.25, 0.3) is 0 Å². The van der Waals surface area contributed by atoms with Crippen LogP contribution in [0, 0.1) is 0 Å². The van der Waals surface area contributed by atoms with E-state index in [1.165, 1.54) is 12.8 Å². The molecule has 2 aromatic rings. The Morgan fingerprint density at radius 2 is 2.00 bits per heavy atom. The fourth-order valence-corrected chi connectivity index (χ4v) is 2.35. The summed E-state index contributed by atoms with van der Waals surface area (Å²) in [4.78, 5) is 0. The summed E-state index contributed by atoms with van der Waals surface area (Å²) < 4.78 is 11.2. The summed E-state index contributed by atoms with van der Waals surface area (Å²) in [5.41, 5.74) is 4.70. The Balaban J connectivity index is 1.96. The van der Waals surface area contributed by atoms with E-state index >= 15 is 0 Å². The molecule has 128 valence electrons. The van der Waals surface area contributed by atoms with Gasteiger partial charge in [-0.1, -0.05) is 37.4 Å². The number of benzene rings is 2. The largest absolute Gasteiger partial charge is 0.493 e. The van der Waals surface area contributed by atoms with Crippen molar-refractivity contribution in [2.45, 2.75) is 26.2 Å². The summed E-state index contributed by atoms with van der Waals surface area (Å²) in [7, 11) is 1.64. The smallest absolute Gasteiger partial charge is 0.161 e. The minimum absolute atomic E-state index is 0.668. The Bertz CT molecular complexity index is 674. The van der Waals surface area contributed by atoms with Gasteiger partial charge in [-0.15, -0.1) is 0 Å². The van der Waals surface area contributed by atoms with E-state index in [2.05, 4.69) is 17.5 Å². The molecular formula is C19H23ClN2O2. The second kappa shape index (κ2) is 9.83. The van der Waals surface area contributed by atoms with Gasteiger partial charge >= 0.3 is 0 Å². The van der Waals surface area contributed by atoms with Crippen LogP contribution in [0.2, 0.25) is 5.02 Å². The Kier molecular flexibility index (Phi) is 7.43. The van der Waals surface area contributed by atoms with Crippen molar-refractivity contribution < 1.29 is 9.47 Å². The first kappa shape index (κ1) is 18.1. The highest BCUT2D eigenvalue weighted by Crippen LogP contribution is 2.27. The van der Waals surface area contributed by atoms with Crippen molar-refractivity contribution in [2.24, 2.45) is 5.10 Å². The van der Waals surface area contributed by atoms with Gasteiger partial charge in [0.05, 0.1) is 25.6 Å². The van der Waals surface area contributed by atoms with E-state index in [1.54, 1.807) is 13.3 Å². The first-order chi connectivity index (χ1) is 11.7. The second-order valence-electron chi connectivity index (χ2n) is 5.35. The lowest BCUT2D eigenvalue weighted by Gasteiger charge is -2.11. The standard InChI is InChI=1S/C19H23ClN2O2/c1-3-4-5-11-24-18-10-9-15(12-19(18)23-2)14-21-22-17-8-6-7-16(20)13-17/h6-10,12-14,22H,3-5,11H2,1-2H3. The van der Waals surface area contributed by atoms with Crippen molar-refractivity contribution in [2.75, 3.05) is 19.1 Å². The quantitative estimate of drug-likeness (QED) is 0.377. The van der Waals surface area contributed by atoms with Crippen LogP contribution in [0.3, 0.4) is 0 Å². The number of rotatable bonds is 9. The first-order valence-electron chi connectivity index (χ1n) is 8.08. The highest BCUT2D eigenvalue weighted by molar-refractivity contribution is 6.30. The van der Waals surface area contributed by atoms with E-state index in [0.29, 0.717) is 17.4 Å². The minimum atomic E-state index is 0.668. The molecule has 0 radical (unpaired) electrons. The van der Waals surface area contributed by atoms with Crippen LogP contribution in [-0.2, 0) is 0 Å². The second-order valence-corrected chi connectivity index (χ2v) is 5.78. The molecule has 2 aromatic carbocycles. The molecule has 1 N–H and O–H groups in total. The zero-order valence-electron chi connectivity index (χ0n) is 14.1. The van der Waals surface area contributed by atoms with Gasteiger partial charge in [-0.2, -0.15) is 5.10 Å². The van der Waals surface area contributed by atoms with Crippen LogP contribution in [0.1, 0.15) is 31.7 Å². The van der Waals surface area contributed by atoms with Crippen LogP contribution in [0.15, 0.2) is 47.6 Å². The summed E-state index contributed by atoms with van der Waals surface area (Å²) in [6, 6.07) is 13.2. The highest BCUT2D eigenvalue weighted by atomic mass is 35.5. The molecule has 0 amide bonds. The molecule has 0 aliphatic carbocycles. The monoisotopic (exact) mass is 346 g/mol. The summed E-state index contributed by atoms with van der Waals surface area (Å²) >= 11 is 5.94. The third kappa shape index (κ3) is 5.78. The lowest BCUT2D eigenvalue weighted by molar-refractivity contribution is 0.286. The maximum absolute atomic E-state index is 5.94. The van der Waals surface area contributed by atoms with Crippen molar-refractivity contribution >= 4 is 23.5 Å². The van der Waals surface area contributed by atoms with Gasteiger partial charge < -0.3 is 9.47 Å². The van der Waals surface area contributed by atoms with Crippen molar-refractivity contribution in [1.82, 2.24) is 0 Å². The maximum Gasteiger partial charge on any atom is 0.161 e. The zero-order valence-corrected chi connectivity index (χ0v) is 14.8. The van der Waals surface area contributed by atoms with Gasteiger partial charge in [-0.3, -0.25) is 5.43 Å². The maximum atomic E-state index is 5.94. The first-order valence-corrected chi connectivity index (χ1v) is 8.46. The van der Waals surface area contributed by atoms with Gasteiger partial charge in [0.15, 0.2) is 11.5 Å². The number of hydrazone groups is 1. The average molecular weight is 347 g/mol. The molecule has 0 bridgehead atoms. The molecule has 0 aliphatic rings. The molecule has 0 aromatic heterocycles. The van der Waals surface area contributed by atoms with Crippen LogP contribution >= 0.6 is 11.6 Å². The number of nitrogens with zero attached hydrogens (tertiary/aromatic N) is 1. The molecule has 0 saturated carbocycles. The van der Waals surface area contributed by atoms with Gasteiger partial charge in [0.1, 0.15) is 0 Å². The Labute approximate surface area is 148 Å². The molecule has 0 aliphatic heterocycles. The van der Waals surface area contributed by atoms with Crippen LogP contribution < -0.4 is 14.9 Å². The third-order valence-electron chi connectivity index (χ3n) is 3.43. The van der Waals surface area contributed by atoms with Crippen molar-refractivity contribution in [3.8, 4) is 11.5 Å². The number of hydrogen-bond acceptors (Lipinski definition) is 4. The molecule has 5 heteroatoms. The number of unbranched alkanes of at least 4 members (excludes halogenated alkanes) is 2. The highest BCUT2D eigenvalue weighted by Gasteiger charge is 2.05. The van der Waals surface area contributed by atoms with Crippen molar-refractivity contribution in [3.63, 3.8) is 0 Å². The van der Waals surface area contributed by atoms with Crippen molar-refractivity contribution in [1.29, 1.82) is 0 Å². The van der Waals surface area contributed by atoms with Crippen LogP contribution in [-0.4, -0.2) is 19.9 Å². The average Bonchev–Trinajstić information content (AvgIpc) is 2.59. The normalized spacial score (nSPS) is 10.8. The molecule has 4 nitrogen and oxygen atoms in total. The lowest BCUT2D eigenvalue weighted by Crippen LogP contribution is -2.00. The zero-order chi connectivity index (χ0) is 17.2. The Morgan fingerprint density at radius 3 is 2.75 bits per heavy atom. The molecule has 2 rings (SSSR count). The lowest BCUT2D eigenvalue weighted by atomic mass is 10.2. The van der Waals surface area contributed by atoms with Crippen molar-refractivity contribution in [3.05, 3.63) is 53.1 Å². The van der Waals surface area contributed by atoms with E-state index in [4.69, 9.17) is 21.1 Å². The van der Waals surface area contributed by atoms with Crippen LogP contribution in [0.25, 0.3) is 0 Å². The summed E-state index contributed by atoms with van der Waals surface area (Å²) in [6.45, 7) is 2.88. The predicted octanol–water partition coefficient (Wildman–Crippen LogP) is 5.36. The minimum Gasteiger partial charge on any atom is -0.493 e. The van der Waals surface area contributed by atoms with E-state index in [0.717, 1.165) is 23.4 Å². The van der Waals surface area contributed by atoms with Gasteiger partial charge in [-0.25, -0.2) is 0 Å². The number of hydrogen-bond donors (Lipinski definition) is 1. The Morgan fingerprint density at radius 1 is 1.12 bits per heavy atom. The molecule has 0 saturated heterocycles. The molecular weight excluding hydrogens is 324 g/mol. The third-order valence-corrected chi connectivity index (χ3v) is 3.66. The SMILES string of the molecule is CCCCCOc1ccc(C=NNc2cccc(Cl)c2)cc1OC. The van der Waals surface area contributed by atoms with Gasteiger partial charge in [0.2, 0.25) is 0 Å². The fourth-order valence-electron chi connectivity index (χ4n) is 2.16. The molecule has 0 fully saturated rings. The summed E-state index contributed by atoms with van der Waals surface area (Å²) in [5.74, 6) is 1.46. The molecule has 0 spiro atoms. The van der Waals surface area contributed by atoms with E-state index in [1.807, 2.05) is 42.5 Å². The molecule has 0 heterocycles. The molecule has 0 unspecified atom stereocenters. The fraction of sp³-hybridized carbons (Fsp3) is 0.316. The van der Waals surface area contributed by atoms with E-state index in [-0.39, 0.29) is 0 Å². The van der Waals surface area contributed by atoms with Crippen LogP contribution in [0.4, 0.5) is 5.69 Å².